The molecule has 0 aliphatic heterocycles. The molecule has 0 radical (unpaired) electrons. The van der Waals surface area contributed by atoms with Crippen molar-refractivity contribution in [2.24, 2.45) is 0 Å². The number of hydrogen-bond acceptors (Lipinski definition) is 6. The molecule has 0 atom stereocenters. The van der Waals surface area contributed by atoms with Gasteiger partial charge in [0.05, 0.1) is 6.61 Å². The van der Waals surface area contributed by atoms with E-state index < -0.39 is 18.5 Å². The zero-order valence-corrected chi connectivity index (χ0v) is 16.2. The summed E-state index contributed by atoms with van der Waals surface area (Å²) in [7, 11) is 0. The van der Waals surface area contributed by atoms with Gasteiger partial charge in [-0.05, 0) is 32.0 Å². The predicted molar refractivity (Wildman–Crippen MR) is 107 cm³/mol. The third kappa shape index (κ3) is 4.89. The molecule has 7 heteroatoms. The molecule has 0 fully saturated rings. The number of furan rings is 1. The highest BCUT2D eigenvalue weighted by Crippen LogP contribution is 2.27. The number of carbonyl (C=O) groups is 3. The average Bonchev–Trinajstić information content (AvgIpc) is 3.09. The molecule has 2 aromatic carbocycles. The van der Waals surface area contributed by atoms with Crippen LogP contribution in [-0.2, 0) is 20.9 Å². The van der Waals surface area contributed by atoms with Crippen LogP contribution in [-0.4, -0.2) is 30.9 Å². The van der Waals surface area contributed by atoms with Crippen LogP contribution in [0, 0.1) is 0 Å². The lowest BCUT2D eigenvalue weighted by atomic mass is 10.1. The fraction of sp³-hybridized carbons (Fsp3) is 0.227. The number of nitrogens with one attached hydrogen (secondary N) is 1. The molecule has 0 saturated heterocycles. The quantitative estimate of drug-likeness (QED) is 0.458. The summed E-state index contributed by atoms with van der Waals surface area (Å²) in [5.41, 5.74) is 2.05. The maximum absolute atomic E-state index is 12.5. The van der Waals surface area contributed by atoms with E-state index in [-0.39, 0.29) is 18.2 Å². The van der Waals surface area contributed by atoms with E-state index in [1.165, 1.54) is 6.92 Å². The molecule has 0 unspecified atom stereocenters. The zero-order chi connectivity index (χ0) is 20.8. The lowest BCUT2D eigenvalue weighted by molar-refractivity contribution is -0.119. The Hall–Kier alpha value is -3.45. The summed E-state index contributed by atoms with van der Waals surface area (Å²) in [5.74, 6) is -1.37. The molecule has 3 rings (SSSR count). The van der Waals surface area contributed by atoms with Gasteiger partial charge in [0.2, 0.25) is 5.76 Å². The van der Waals surface area contributed by atoms with Crippen molar-refractivity contribution in [1.82, 2.24) is 0 Å². The zero-order valence-electron chi connectivity index (χ0n) is 16.2. The normalized spacial score (nSPS) is 10.7. The number of carbonyl (C=O) groups excluding carboxylic acids is 3. The fourth-order valence-corrected chi connectivity index (χ4v) is 2.82. The van der Waals surface area contributed by atoms with Crippen molar-refractivity contribution in [3.8, 4) is 0 Å². The molecule has 0 bridgehead atoms. The highest BCUT2D eigenvalue weighted by molar-refractivity contribution is 5.99. The molecule has 29 heavy (non-hydrogen) atoms. The van der Waals surface area contributed by atoms with Gasteiger partial charge in [-0.2, -0.15) is 0 Å². The van der Waals surface area contributed by atoms with Gasteiger partial charge in [0.15, 0.2) is 12.4 Å². The van der Waals surface area contributed by atoms with Gasteiger partial charge < -0.3 is 19.2 Å². The van der Waals surface area contributed by atoms with Crippen molar-refractivity contribution in [3.63, 3.8) is 0 Å². The summed E-state index contributed by atoms with van der Waals surface area (Å²) in [5, 5.41) is 3.36. The Morgan fingerprint density at radius 3 is 2.62 bits per heavy atom. The van der Waals surface area contributed by atoms with Crippen molar-refractivity contribution in [2.45, 2.75) is 20.5 Å². The van der Waals surface area contributed by atoms with Gasteiger partial charge in [0.1, 0.15) is 5.58 Å². The minimum atomic E-state index is -0.747. The Morgan fingerprint density at radius 2 is 1.86 bits per heavy atom. The second-order valence-electron chi connectivity index (χ2n) is 6.30. The molecule has 0 aliphatic rings. The van der Waals surface area contributed by atoms with Crippen LogP contribution in [0.15, 0.2) is 52.9 Å². The third-order valence-electron chi connectivity index (χ3n) is 4.22. The smallest absolute Gasteiger partial charge is 0.375 e. The molecule has 1 N–H and O–H groups in total. The van der Waals surface area contributed by atoms with Crippen molar-refractivity contribution in [1.29, 1.82) is 0 Å². The van der Waals surface area contributed by atoms with Gasteiger partial charge in [-0.1, -0.05) is 30.3 Å². The van der Waals surface area contributed by atoms with E-state index in [0.29, 0.717) is 29.0 Å². The van der Waals surface area contributed by atoms with Crippen molar-refractivity contribution >= 4 is 34.3 Å². The van der Waals surface area contributed by atoms with E-state index in [1.54, 1.807) is 36.4 Å². The molecule has 7 nitrogen and oxygen atoms in total. The molecule has 0 saturated carbocycles. The van der Waals surface area contributed by atoms with E-state index in [1.807, 2.05) is 19.1 Å². The lowest BCUT2D eigenvalue weighted by Crippen LogP contribution is -2.21. The van der Waals surface area contributed by atoms with Gasteiger partial charge in [-0.15, -0.1) is 0 Å². The van der Waals surface area contributed by atoms with Gasteiger partial charge in [0.25, 0.3) is 5.91 Å². The molecule has 150 valence electrons. The highest BCUT2D eigenvalue weighted by atomic mass is 16.5. The number of amides is 1. The van der Waals surface area contributed by atoms with Crippen LogP contribution < -0.4 is 5.32 Å². The molecular formula is C22H21NO6. The predicted octanol–water partition coefficient (Wildman–Crippen LogP) is 3.97. The van der Waals surface area contributed by atoms with E-state index >= 15 is 0 Å². The van der Waals surface area contributed by atoms with Crippen LogP contribution in [0.3, 0.4) is 0 Å². The first kappa shape index (κ1) is 20.3. The van der Waals surface area contributed by atoms with Gasteiger partial charge in [-0.25, -0.2) is 4.79 Å². The second-order valence-corrected chi connectivity index (χ2v) is 6.30. The number of Topliss-reactive ketones (excluding diaryl/α,β-unsaturated/α-hetero) is 1. The SMILES string of the molecule is CCOCc1c(C(=O)OCC(=O)Nc2cccc(C(C)=O)c2)oc2ccccc12. The maximum Gasteiger partial charge on any atom is 0.375 e. The van der Waals surface area contributed by atoms with Crippen LogP contribution in [0.25, 0.3) is 11.0 Å². The minimum Gasteiger partial charge on any atom is -0.450 e. The van der Waals surface area contributed by atoms with Crippen molar-refractivity contribution in [3.05, 3.63) is 65.4 Å². The molecule has 0 spiro atoms. The van der Waals surface area contributed by atoms with E-state index in [2.05, 4.69) is 5.32 Å². The Kier molecular flexibility index (Phi) is 6.41. The Labute approximate surface area is 167 Å². The summed E-state index contributed by atoms with van der Waals surface area (Å²) in [6, 6.07) is 13.7. The summed E-state index contributed by atoms with van der Waals surface area (Å²) in [6.45, 7) is 3.48. The van der Waals surface area contributed by atoms with E-state index in [9.17, 15) is 14.4 Å². The Balaban J connectivity index is 1.68. The van der Waals surface area contributed by atoms with Crippen LogP contribution in [0.1, 0.15) is 40.3 Å². The second kappa shape index (κ2) is 9.16. The number of benzene rings is 2. The number of ether oxygens (including phenoxy) is 2. The summed E-state index contributed by atoms with van der Waals surface area (Å²) in [4.78, 5) is 36.1. The fourth-order valence-electron chi connectivity index (χ4n) is 2.82. The van der Waals surface area contributed by atoms with Gasteiger partial charge >= 0.3 is 5.97 Å². The van der Waals surface area contributed by atoms with Gasteiger partial charge in [0, 0.05) is 28.8 Å². The highest BCUT2D eigenvalue weighted by Gasteiger charge is 2.22. The molecule has 3 aromatic rings. The van der Waals surface area contributed by atoms with Crippen molar-refractivity contribution < 1.29 is 28.3 Å². The van der Waals surface area contributed by atoms with E-state index in [0.717, 1.165) is 5.39 Å². The molecule has 1 heterocycles. The summed E-state index contributed by atoms with van der Waals surface area (Å²) in [6.07, 6.45) is 0. The molecule has 0 aliphatic carbocycles. The molecule has 1 amide bonds. The Bertz CT molecular complexity index is 1050. The number of fused-ring (bicyclic) bond motifs is 1. The number of ketones is 1. The lowest BCUT2D eigenvalue weighted by Gasteiger charge is -2.07. The van der Waals surface area contributed by atoms with Crippen LogP contribution in [0.2, 0.25) is 0 Å². The van der Waals surface area contributed by atoms with Crippen LogP contribution in [0.5, 0.6) is 0 Å². The number of esters is 1. The molecular weight excluding hydrogens is 374 g/mol. The number of anilines is 1. The summed E-state index contributed by atoms with van der Waals surface area (Å²) >= 11 is 0. The van der Waals surface area contributed by atoms with Crippen LogP contribution in [0.4, 0.5) is 5.69 Å². The molecule has 1 aromatic heterocycles. The standard InChI is InChI=1S/C22H21NO6/c1-3-27-12-18-17-9-4-5-10-19(17)29-21(18)22(26)28-13-20(25)23-16-8-6-7-15(11-16)14(2)24/h4-11H,3,12-13H2,1-2H3,(H,23,25). The summed E-state index contributed by atoms with van der Waals surface area (Å²) < 4.78 is 16.2. The monoisotopic (exact) mass is 395 g/mol. The van der Waals surface area contributed by atoms with E-state index in [4.69, 9.17) is 13.9 Å². The number of rotatable bonds is 8. The average molecular weight is 395 g/mol. The maximum atomic E-state index is 12.5. The first-order chi connectivity index (χ1) is 14.0. The largest absolute Gasteiger partial charge is 0.450 e. The number of para-hydroxylation sites is 1. The van der Waals surface area contributed by atoms with Crippen LogP contribution >= 0.6 is 0 Å². The third-order valence-corrected chi connectivity index (χ3v) is 4.22. The van der Waals surface area contributed by atoms with Gasteiger partial charge in [-0.3, -0.25) is 9.59 Å². The Morgan fingerprint density at radius 1 is 1.07 bits per heavy atom. The number of hydrogen-bond donors (Lipinski definition) is 1. The van der Waals surface area contributed by atoms with Crippen molar-refractivity contribution in [2.75, 3.05) is 18.5 Å². The minimum absolute atomic E-state index is 0.0195. The first-order valence-electron chi connectivity index (χ1n) is 9.15. The topological polar surface area (TPSA) is 94.8 Å². The first-order valence-corrected chi connectivity index (χ1v) is 9.15.